The molecule has 1 unspecified atom stereocenters. The van der Waals surface area contributed by atoms with Crippen molar-refractivity contribution < 1.29 is 15.3 Å². The van der Waals surface area contributed by atoms with E-state index in [0.717, 1.165) is 6.42 Å². The standard InChI is InChI=1S/C13H17N.C8H11NO3/c1-4-10-14(3)12(2)11-13-8-6-5-7-9-13;9-4-8(12)5-1-2-6(10)7(11)3-5/h1,5-9,12H,10-11H2,2-3H3;1-3,8,10-12H,4,9H2/t;8-/m.0/s1. The molecule has 0 saturated carbocycles. The average Bonchev–Trinajstić information content (AvgIpc) is 2.65. The molecule has 0 amide bonds. The van der Waals surface area contributed by atoms with E-state index in [1.807, 2.05) is 6.07 Å². The minimum Gasteiger partial charge on any atom is -0.504 e. The first-order valence-corrected chi connectivity index (χ1v) is 8.46. The monoisotopic (exact) mass is 356 g/mol. The van der Waals surface area contributed by atoms with Crippen molar-refractivity contribution in [1.29, 1.82) is 0 Å². The van der Waals surface area contributed by atoms with Crippen LogP contribution in [0.4, 0.5) is 0 Å². The molecule has 2 rings (SSSR count). The SMILES string of the molecule is C#CCN(C)C(C)Cc1ccccc1.NC[C@H](O)c1ccc(O)c(O)c1. The number of nitrogens with zero attached hydrogens (tertiary/aromatic N) is 1. The summed E-state index contributed by atoms with van der Waals surface area (Å²) in [5, 5.41) is 27.2. The van der Waals surface area contributed by atoms with Crippen LogP contribution in [0.15, 0.2) is 48.5 Å². The Morgan fingerprint density at radius 2 is 1.77 bits per heavy atom. The number of aliphatic hydroxyl groups excluding tert-OH is 1. The van der Waals surface area contributed by atoms with Gasteiger partial charge in [-0.05, 0) is 43.7 Å². The summed E-state index contributed by atoms with van der Waals surface area (Å²) in [6, 6.07) is 15.1. The first-order valence-electron chi connectivity index (χ1n) is 8.46. The second-order valence-electron chi connectivity index (χ2n) is 6.16. The highest BCUT2D eigenvalue weighted by molar-refractivity contribution is 5.41. The van der Waals surface area contributed by atoms with Crippen LogP contribution >= 0.6 is 0 Å². The predicted molar refractivity (Wildman–Crippen MR) is 105 cm³/mol. The first kappa shape index (κ1) is 21.5. The normalized spacial score (nSPS) is 12.6. The van der Waals surface area contributed by atoms with Crippen LogP contribution in [0.2, 0.25) is 0 Å². The number of likely N-dealkylation sites (N-methyl/N-ethyl adjacent to an activating group) is 1. The summed E-state index contributed by atoms with van der Waals surface area (Å²) in [6.07, 6.45) is 5.53. The number of terminal acetylenes is 1. The molecule has 0 bridgehead atoms. The fraction of sp³-hybridized carbons (Fsp3) is 0.333. The second-order valence-corrected chi connectivity index (χ2v) is 6.16. The Morgan fingerprint density at radius 1 is 1.12 bits per heavy atom. The van der Waals surface area contributed by atoms with Crippen LogP contribution in [-0.2, 0) is 6.42 Å². The molecule has 0 fully saturated rings. The Bertz CT molecular complexity index is 698. The van der Waals surface area contributed by atoms with E-state index in [1.165, 1.54) is 23.8 Å². The number of phenols is 2. The molecule has 26 heavy (non-hydrogen) atoms. The molecule has 0 aromatic heterocycles. The third kappa shape index (κ3) is 7.16. The lowest BCUT2D eigenvalue weighted by Crippen LogP contribution is -2.31. The predicted octanol–water partition coefficient (Wildman–Crippen LogP) is 2.27. The fourth-order valence-corrected chi connectivity index (χ4v) is 2.29. The highest BCUT2D eigenvalue weighted by Gasteiger charge is 2.08. The Morgan fingerprint density at radius 3 is 2.31 bits per heavy atom. The van der Waals surface area contributed by atoms with Crippen LogP contribution in [-0.4, -0.2) is 46.4 Å². The highest BCUT2D eigenvalue weighted by atomic mass is 16.3. The van der Waals surface area contributed by atoms with Crippen molar-refractivity contribution in [2.45, 2.75) is 25.5 Å². The van der Waals surface area contributed by atoms with E-state index in [1.54, 1.807) is 0 Å². The lowest BCUT2D eigenvalue weighted by molar-refractivity contribution is 0.186. The molecule has 0 spiro atoms. The maximum atomic E-state index is 9.23. The van der Waals surface area contributed by atoms with Crippen molar-refractivity contribution in [3.63, 3.8) is 0 Å². The number of nitrogens with two attached hydrogens (primary N) is 1. The molecule has 140 valence electrons. The number of aromatic hydroxyl groups is 2. The van der Waals surface area contributed by atoms with Gasteiger partial charge in [0.05, 0.1) is 12.6 Å². The number of hydrogen-bond donors (Lipinski definition) is 4. The molecule has 5 nitrogen and oxygen atoms in total. The maximum Gasteiger partial charge on any atom is 0.157 e. The molecule has 2 aromatic carbocycles. The lowest BCUT2D eigenvalue weighted by atomic mass is 10.1. The van der Waals surface area contributed by atoms with Gasteiger partial charge in [-0.3, -0.25) is 4.90 Å². The van der Waals surface area contributed by atoms with E-state index >= 15 is 0 Å². The van der Waals surface area contributed by atoms with Crippen molar-refractivity contribution in [3.8, 4) is 23.8 Å². The molecule has 5 heteroatoms. The molecule has 2 atom stereocenters. The summed E-state index contributed by atoms with van der Waals surface area (Å²) in [5.41, 5.74) is 7.06. The zero-order valence-electron chi connectivity index (χ0n) is 15.3. The highest BCUT2D eigenvalue weighted by Crippen LogP contribution is 2.27. The third-order valence-corrected chi connectivity index (χ3v) is 4.07. The van der Waals surface area contributed by atoms with E-state index in [-0.39, 0.29) is 18.0 Å². The van der Waals surface area contributed by atoms with Gasteiger partial charge < -0.3 is 21.1 Å². The lowest BCUT2D eigenvalue weighted by Gasteiger charge is -2.22. The van der Waals surface area contributed by atoms with Gasteiger partial charge in [-0.15, -0.1) is 6.42 Å². The summed E-state index contributed by atoms with van der Waals surface area (Å²) in [7, 11) is 2.06. The summed E-state index contributed by atoms with van der Waals surface area (Å²) in [4.78, 5) is 2.19. The minimum atomic E-state index is -0.795. The first-order chi connectivity index (χ1) is 12.4. The van der Waals surface area contributed by atoms with Gasteiger partial charge >= 0.3 is 0 Å². The number of rotatable bonds is 6. The van der Waals surface area contributed by atoms with E-state index in [9.17, 15) is 5.11 Å². The van der Waals surface area contributed by atoms with Gasteiger partial charge in [0.2, 0.25) is 0 Å². The number of phenolic OH excluding ortho intramolecular Hbond substituents is 2. The van der Waals surface area contributed by atoms with Crippen molar-refractivity contribution in [3.05, 3.63) is 59.7 Å². The molecular weight excluding hydrogens is 328 g/mol. The van der Waals surface area contributed by atoms with Crippen LogP contribution in [0.3, 0.4) is 0 Å². The van der Waals surface area contributed by atoms with Crippen LogP contribution in [0.25, 0.3) is 0 Å². The molecule has 5 N–H and O–H groups in total. The Hall–Kier alpha value is -2.52. The summed E-state index contributed by atoms with van der Waals surface area (Å²) in [6.45, 7) is 3.00. The molecule has 0 heterocycles. The van der Waals surface area contributed by atoms with Gasteiger partial charge in [-0.1, -0.05) is 42.3 Å². The number of benzene rings is 2. The summed E-state index contributed by atoms with van der Waals surface area (Å²) in [5.74, 6) is 2.20. The molecule has 0 radical (unpaired) electrons. The van der Waals surface area contributed by atoms with E-state index in [0.29, 0.717) is 18.2 Å². The minimum absolute atomic E-state index is 0.0875. The molecule has 2 aromatic rings. The van der Waals surface area contributed by atoms with Gasteiger partial charge in [0, 0.05) is 12.6 Å². The van der Waals surface area contributed by atoms with Crippen molar-refractivity contribution >= 4 is 0 Å². The largest absolute Gasteiger partial charge is 0.504 e. The quantitative estimate of drug-likeness (QED) is 0.471. The van der Waals surface area contributed by atoms with E-state index in [4.69, 9.17) is 22.4 Å². The average molecular weight is 356 g/mol. The number of aliphatic hydroxyl groups is 1. The van der Waals surface area contributed by atoms with E-state index < -0.39 is 6.10 Å². The maximum absolute atomic E-state index is 9.23. The smallest absolute Gasteiger partial charge is 0.157 e. The van der Waals surface area contributed by atoms with E-state index in [2.05, 4.69) is 49.1 Å². The van der Waals surface area contributed by atoms with Crippen molar-refractivity contribution in [1.82, 2.24) is 4.90 Å². The second kappa shape index (κ2) is 11.2. The summed E-state index contributed by atoms with van der Waals surface area (Å²) < 4.78 is 0. The number of hydrogen-bond acceptors (Lipinski definition) is 5. The Kier molecular flexibility index (Phi) is 9.24. The molecular formula is C21H28N2O3. The molecule has 0 aliphatic rings. The molecule has 0 saturated heterocycles. The third-order valence-electron chi connectivity index (χ3n) is 4.07. The van der Waals surface area contributed by atoms with Crippen molar-refractivity contribution in [2.75, 3.05) is 20.1 Å². The van der Waals surface area contributed by atoms with Crippen molar-refractivity contribution in [2.24, 2.45) is 5.73 Å². The molecule has 0 aliphatic heterocycles. The Labute approximate surface area is 155 Å². The topological polar surface area (TPSA) is 90.0 Å². The zero-order chi connectivity index (χ0) is 19.5. The molecule has 0 aliphatic carbocycles. The fourth-order valence-electron chi connectivity index (χ4n) is 2.29. The van der Waals surface area contributed by atoms with Gasteiger partial charge in [-0.2, -0.15) is 0 Å². The van der Waals surface area contributed by atoms with Crippen LogP contribution < -0.4 is 5.73 Å². The van der Waals surface area contributed by atoms with Gasteiger partial charge in [0.1, 0.15) is 0 Å². The van der Waals surface area contributed by atoms with Gasteiger partial charge in [-0.25, -0.2) is 0 Å². The van der Waals surface area contributed by atoms with Crippen LogP contribution in [0.5, 0.6) is 11.5 Å². The van der Waals surface area contributed by atoms with Crippen LogP contribution in [0, 0.1) is 12.3 Å². The Balaban J connectivity index is 0.000000263. The van der Waals surface area contributed by atoms with Gasteiger partial charge in [0.25, 0.3) is 0 Å². The van der Waals surface area contributed by atoms with Gasteiger partial charge in [0.15, 0.2) is 11.5 Å². The van der Waals surface area contributed by atoms with Crippen LogP contribution in [0.1, 0.15) is 24.2 Å². The summed E-state index contributed by atoms with van der Waals surface area (Å²) >= 11 is 0. The zero-order valence-corrected chi connectivity index (χ0v) is 15.3.